The van der Waals surface area contributed by atoms with Gasteiger partial charge in [-0.1, -0.05) is 48.0 Å². The minimum absolute atomic E-state index is 0.195. The number of halogens is 1. The number of rotatable bonds is 7. The van der Waals surface area contributed by atoms with Crippen molar-refractivity contribution in [2.45, 2.75) is 51.6 Å². The van der Waals surface area contributed by atoms with Gasteiger partial charge in [-0.2, -0.15) is 0 Å². The van der Waals surface area contributed by atoms with Gasteiger partial charge in [-0.3, -0.25) is 14.9 Å². The second-order valence-corrected chi connectivity index (χ2v) is 11.6. The van der Waals surface area contributed by atoms with Gasteiger partial charge in [0.15, 0.2) is 0 Å². The zero-order chi connectivity index (χ0) is 27.0. The highest BCUT2D eigenvalue weighted by Crippen LogP contribution is 2.49. The van der Waals surface area contributed by atoms with Crippen LogP contribution in [0.15, 0.2) is 48.5 Å². The quantitative estimate of drug-likeness (QED) is 0.321. The van der Waals surface area contributed by atoms with Gasteiger partial charge in [-0.25, -0.2) is 4.79 Å². The first-order valence-electron chi connectivity index (χ1n) is 12.0. The summed E-state index contributed by atoms with van der Waals surface area (Å²) < 4.78 is 11.2. The van der Waals surface area contributed by atoms with Crippen molar-refractivity contribution in [3.8, 4) is 21.6 Å². The lowest BCUT2D eigenvalue weighted by Crippen LogP contribution is -2.27. The van der Waals surface area contributed by atoms with Crippen LogP contribution in [0.3, 0.4) is 0 Å². The Morgan fingerprint density at radius 1 is 1.05 bits per heavy atom. The van der Waals surface area contributed by atoms with E-state index in [0.717, 1.165) is 29.5 Å². The van der Waals surface area contributed by atoms with Crippen molar-refractivity contribution >= 4 is 46.6 Å². The lowest BCUT2D eigenvalue weighted by atomic mass is 9.93. The summed E-state index contributed by atoms with van der Waals surface area (Å²) in [7, 11) is 0. The van der Waals surface area contributed by atoms with E-state index in [-0.39, 0.29) is 5.97 Å². The number of hydrogen-bond acceptors (Lipinski definition) is 6. The molecule has 1 aromatic heterocycles. The van der Waals surface area contributed by atoms with E-state index in [4.69, 9.17) is 26.8 Å². The molecule has 1 fully saturated rings. The van der Waals surface area contributed by atoms with Crippen LogP contribution in [-0.2, 0) is 19.7 Å². The number of hydrogen-bond donors (Lipinski definition) is 2. The first-order valence-corrected chi connectivity index (χ1v) is 13.1. The molecule has 0 unspecified atom stereocenters. The molecule has 3 aromatic rings. The van der Waals surface area contributed by atoms with Crippen LogP contribution in [0.2, 0.25) is 4.34 Å². The van der Waals surface area contributed by atoms with Crippen molar-refractivity contribution in [2.24, 2.45) is 5.73 Å². The molecule has 0 spiro atoms. The number of benzene rings is 2. The number of carbonyl (C=O) groups excluding carboxylic acids is 3. The number of esters is 1. The number of nitrogens with one attached hydrogen (secondary N) is 1. The SMILES string of the molecule is CCOC(=O)C1(c2ccc(-c3ccc(-c4sc(Cl)cc4C(N)=O)cc3NC(=O)OC(C)(C)C)cc2)CC1. The average molecular weight is 541 g/mol. The third-order valence-corrected chi connectivity index (χ3v) is 7.36. The minimum atomic E-state index is -0.685. The molecule has 37 heavy (non-hydrogen) atoms. The van der Waals surface area contributed by atoms with Crippen LogP contribution in [0, 0.1) is 0 Å². The van der Waals surface area contributed by atoms with Crippen molar-refractivity contribution < 1.29 is 23.9 Å². The summed E-state index contributed by atoms with van der Waals surface area (Å²) in [5.74, 6) is -0.783. The van der Waals surface area contributed by atoms with E-state index < -0.39 is 23.0 Å². The van der Waals surface area contributed by atoms with Crippen LogP contribution < -0.4 is 11.1 Å². The van der Waals surface area contributed by atoms with E-state index in [1.54, 1.807) is 33.8 Å². The van der Waals surface area contributed by atoms with Crippen LogP contribution in [-0.4, -0.2) is 30.2 Å². The van der Waals surface area contributed by atoms with Gasteiger partial charge in [0, 0.05) is 10.4 Å². The maximum absolute atomic E-state index is 12.7. The molecule has 7 nitrogen and oxygen atoms in total. The first-order chi connectivity index (χ1) is 17.4. The van der Waals surface area contributed by atoms with Crippen LogP contribution in [0.4, 0.5) is 10.5 Å². The van der Waals surface area contributed by atoms with Crippen LogP contribution in [0.5, 0.6) is 0 Å². The number of thiophene rings is 1. The molecule has 1 aliphatic rings. The highest BCUT2D eigenvalue weighted by molar-refractivity contribution is 7.19. The molecule has 1 heterocycles. The van der Waals surface area contributed by atoms with E-state index in [1.165, 1.54) is 17.4 Å². The molecule has 1 saturated carbocycles. The fourth-order valence-corrected chi connectivity index (χ4v) is 5.41. The number of nitrogens with two attached hydrogens (primary N) is 1. The highest BCUT2D eigenvalue weighted by Gasteiger charge is 2.52. The first kappa shape index (κ1) is 26.7. The summed E-state index contributed by atoms with van der Waals surface area (Å²) in [5.41, 5.74) is 8.26. The van der Waals surface area contributed by atoms with Gasteiger partial charge in [-0.05, 0) is 69.4 Å². The summed E-state index contributed by atoms with van der Waals surface area (Å²) in [6.45, 7) is 7.50. The zero-order valence-corrected chi connectivity index (χ0v) is 22.7. The zero-order valence-electron chi connectivity index (χ0n) is 21.1. The lowest BCUT2D eigenvalue weighted by molar-refractivity contribution is -0.146. The Hall–Kier alpha value is -3.36. The molecule has 0 saturated heterocycles. The molecule has 3 N–H and O–H groups in total. The summed E-state index contributed by atoms with van der Waals surface area (Å²) in [6.07, 6.45) is 0.912. The molecule has 0 bridgehead atoms. The molecule has 2 aromatic carbocycles. The Bertz CT molecular complexity index is 1350. The third kappa shape index (κ3) is 5.81. The van der Waals surface area contributed by atoms with Gasteiger partial charge in [0.05, 0.1) is 27.6 Å². The Labute approximate surface area is 224 Å². The Balaban J connectivity index is 1.73. The van der Waals surface area contributed by atoms with E-state index in [1.807, 2.05) is 36.4 Å². The van der Waals surface area contributed by atoms with Gasteiger partial charge in [0.1, 0.15) is 5.60 Å². The Morgan fingerprint density at radius 3 is 2.27 bits per heavy atom. The van der Waals surface area contributed by atoms with E-state index >= 15 is 0 Å². The molecule has 0 atom stereocenters. The molecule has 9 heteroatoms. The minimum Gasteiger partial charge on any atom is -0.465 e. The Morgan fingerprint density at radius 2 is 1.70 bits per heavy atom. The van der Waals surface area contributed by atoms with Crippen molar-refractivity contribution in [3.63, 3.8) is 0 Å². The van der Waals surface area contributed by atoms with Crippen LogP contribution in [0.25, 0.3) is 21.6 Å². The monoisotopic (exact) mass is 540 g/mol. The Kier molecular flexibility index (Phi) is 7.35. The number of primary amides is 1. The summed E-state index contributed by atoms with van der Waals surface area (Å²) in [4.78, 5) is 37.8. The fourth-order valence-electron chi connectivity index (χ4n) is 4.19. The maximum Gasteiger partial charge on any atom is 0.412 e. The smallest absolute Gasteiger partial charge is 0.412 e. The molecule has 4 rings (SSSR count). The predicted molar refractivity (Wildman–Crippen MR) is 146 cm³/mol. The topological polar surface area (TPSA) is 108 Å². The van der Waals surface area contributed by atoms with Crippen molar-refractivity contribution in [1.82, 2.24) is 0 Å². The van der Waals surface area contributed by atoms with Crippen molar-refractivity contribution in [3.05, 3.63) is 64.0 Å². The van der Waals surface area contributed by atoms with Crippen molar-refractivity contribution in [2.75, 3.05) is 11.9 Å². The van der Waals surface area contributed by atoms with Crippen LogP contribution in [0.1, 0.15) is 56.5 Å². The molecule has 194 valence electrons. The van der Waals surface area contributed by atoms with Gasteiger partial charge in [0.25, 0.3) is 0 Å². The summed E-state index contributed by atoms with van der Waals surface area (Å²) in [5, 5.41) is 2.84. The molecular formula is C28H29ClN2O5S. The molecule has 1 aliphatic carbocycles. The largest absolute Gasteiger partial charge is 0.465 e. The standard InChI is InChI=1S/C28H29ClN2O5S/c1-5-35-25(33)28(12-13-28)18-9-6-16(7-10-18)19-11-8-17(23-20(24(30)32)15-22(29)37-23)14-21(19)31-26(34)36-27(2,3)4/h6-11,14-15H,5,12-13H2,1-4H3,(H2,30,32)(H,31,34). The highest BCUT2D eigenvalue weighted by atomic mass is 35.5. The summed E-state index contributed by atoms with van der Waals surface area (Å²) >= 11 is 7.40. The second kappa shape index (κ2) is 10.2. The van der Waals surface area contributed by atoms with E-state index in [0.29, 0.717) is 32.6 Å². The van der Waals surface area contributed by atoms with E-state index in [2.05, 4.69) is 5.32 Å². The van der Waals surface area contributed by atoms with E-state index in [9.17, 15) is 14.4 Å². The van der Waals surface area contributed by atoms with Gasteiger partial charge < -0.3 is 15.2 Å². The molecule has 0 radical (unpaired) electrons. The molecule has 2 amide bonds. The number of carbonyl (C=O) groups is 3. The van der Waals surface area contributed by atoms with Gasteiger partial charge in [-0.15, -0.1) is 11.3 Å². The fraction of sp³-hybridized carbons (Fsp3) is 0.321. The van der Waals surface area contributed by atoms with Gasteiger partial charge in [0.2, 0.25) is 5.91 Å². The number of amides is 2. The normalized spacial score (nSPS) is 14.1. The second-order valence-electron chi connectivity index (χ2n) is 9.92. The average Bonchev–Trinajstić information content (AvgIpc) is 3.53. The predicted octanol–water partition coefficient (Wildman–Crippen LogP) is 6.78. The summed E-state index contributed by atoms with van der Waals surface area (Å²) in [6, 6.07) is 14.7. The molecular weight excluding hydrogens is 512 g/mol. The third-order valence-electron chi connectivity index (χ3n) is 6.05. The van der Waals surface area contributed by atoms with Crippen molar-refractivity contribution in [1.29, 1.82) is 0 Å². The number of anilines is 1. The van der Waals surface area contributed by atoms with Crippen LogP contribution >= 0.6 is 22.9 Å². The maximum atomic E-state index is 12.7. The molecule has 0 aliphatic heterocycles. The number of ether oxygens (including phenoxy) is 2. The lowest BCUT2D eigenvalue weighted by Gasteiger charge is -2.21. The van der Waals surface area contributed by atoms with Gasteiger partial charge >= 0.3 is 12.1 Å².